The van der Waals surface area contributed by atoms with E-state index in [-0.39, 0.29) is 12.8 Å². The summed E-state index contributed by atoms with van der Waals surface area (Å²) < 4.78 is 13.0. The number of carbonyl (C=O) groups excluding carboxylic acids is 2. The van der Waals surface area contributed by atoms with Gasteiger partial charge in [-0.25, -0.2) is 4.39 Å². The Morgan fingerprint density at radius 1 is 1.08 bits per heavy atom. The smallest absolute Gasteiger partial charge is 0.216 e. The fourth-order valence-corrected chi connectivity index (χ4v) is 1.03. The van der Waals surface area contributed by atoms with Crippen molar-refractivity contribution < 1.29 is 14.0 Å². The van der Waals surface area contributed by atoms with Crippen LogP contribution in [0.5, 0.6) is 0 Å². The Hall–Kier alpha value is -0.730. The molecule has 0 aromatic heterocycles. The van der Waals surface area contributed by atoms with E-state index < -0.39 is 17.7 Å². The third kappa shape index (κ3) is 4.76. The summed E-state index contributed by atoms with van der Waals surface area (Å²) in [6, 6.07) is 0. The first kappa shape index (κ1) is 12.3. The highest BCUT2D eigenvalue weighted by Gasteiger charge is 2.23. The Morgan fingerprint density at radius 2 is 1.62 bits per heavy atom. The molecule has 0 N–H and O–H groups in total. The van der Waals surface area contributed by atoms with Gasteiger partial charge in [0.1, 0.15) is 0 Å². The normalized spacial score (nSPS) is 12.5. The van der Waals surface area contributed by atoms with Crippen LogP contribution in [0.3, 0.4) is 0 Å². The summed E-state index contributed by atoms with van der Waals surface area (Å²) in [6.45, 7) is 3.72. The first-order valence-electron chi connectivity index (χ1n) is 4.83. The van der Waals surface area contributed by atoms with Crippen LogP contribution < -0.4 is 0 Å². The van der Waals surface area contributed by atoms with Gasteiger partial charge in [0.15, 0.2) is 11.6 Å². The minimum atomic E-state index is -1.87. The topological polar surface area (TPSA) is 34.1 Å². The lowest BCUT2D eigenvalue weighted by molar-refractivity contribution is -0.134. The molecule has 0 saturated carbocycles. The molecule has 0 aliphatic heterocycles. The van der Waals surface area contributed by atoms with Crippen LogP contribution in [-0.2, 0) is 9.59 Å². The predicted molar refractivity (Wildman–Crippen MR) is 49.3 cm³/mol. The molecule has 0 spiro atoms. The van der Waals surface area contributed by atoms with Gasteiger partial charge in [0.25, 0.3) is 0 Å². The first-order chi connectivity index (χ1) is 6.13. The van der Waals surface area contributed by atoms with Gasteiger partial charge in [0.05, 0.1) is 0 Å². The molecule has 0 heterocycles. The highest BCUT2D eigenvalue weighted by Crippen LogP contribution is 2.06. The fourth-order valence-electron chi connectivity index (χ4n) is 1.03. The maximum Gasteiger partial charge on any atom is 0.216 e. The highest BCUT2D eigenvalue weighted by molar-refractivity contribution is 6.05. The van der Waals surface area contributed by atoms with Crippen LogP contribution in [0.4, 0.5) is 4.39 Å². The van der Waals surface area contributed by atoms with E-state index in [0.717, 1.165) is 6.42 Å². The third-order valence-corrected chi connectivity index (χ3v) is 1.84. The Kier molecular flexibility index (Phi) is 6.37. The second kappa shape index (κ2) is 6.75. The standard InChI is InChI=1S/C10H17FO2/c1-3-5-7-9(13)10(11)8(12)6-4-2/h10H,3-7H2,1-2H3. The number of unbranched alkanes of at least 4 members (excludes halogenated alkanes) is 1. The fraction of sp³-hybridized carbons (Fsp3) is 0.800. The zero-order chi connectivity index (χ0) is 10.3. The predicted octanol–water partition coefficient (Wildman–Crippen LogP) is 2.45. The van der Waals surface area contributed by atoms with E-state index in [0.29, 0.717) is 12.8 Å². The first-order valence-corrected chi connectivity index (χ1v) is 4.83. The lowest BCUT2D eigenvalue weighted by Gasteiger charge is -2.04. The summed E-state index contributed by atoms with van der Waals surface area (Å²) in [4.78, 5) is 22.0. The molecular weight excluding hydrogens is 171 g/mol. The van der Waals surface area contributed by atoms with Crippen molar-refractivity contribution in [1.29, 1.82) is 0 Å². The Labute approximate surface area is 78.5 Å². The minimum absolute atomic E-state index is 0.166. The van der Waals surface area contributed by atoms with E-state index in [1.807, 2.05) is 6.92 Å². The average molecular weight is 188 g/mol. The number of ketones is 2. The molecule has 0 amide bonds. The number of Topliss-reactive ketones (excluding diaryl/α,β-unsaturated/α-hetero) is 2. The monoisotopic (exact) mass is 188 g/mol. The van der Waals surface area contributed by atoms with Crippen LogP contribution in [0.2, 0.25) is 0 Å². The van der Waals surface area contributed by atoms with Crippen molar-refractivity contribution in [3.63, 3.8) is 0 Å². The van der Waals surface area contributed by atoms with Crippen LogP contribution in [0.1, 0.15) is 46.0 Å². The Morgan fingerprint density at radius 3 is 2.08 bits per heavy atom. The molecule has 1 unspecified atom stereocenters. The van der Waals surface area contributed by atoms with Crippen molar-refractivity contribution in [3.05, 3.63) is 0 Å². The van der Waals surface area contributed by atoms with Gasteiger partial charge < -0.3 is 0 Å². The number of halogens is 1. The second-order valence-corrected chi connectivity index (χ2v) is 3.15. The van der Waals surface area contributed by atoms with Crippen LogP contribution in [0.15, 0.2) is 0 Å². The van der Waals surface area contributed by atoms with Crippen molar-refractivity contribution in [1.82, 2.24) is 0 Å². The van der Waals surface area contributed by atoms with E-state index in [2.05, 4.69) is 0 Å². The van der Waals surface area contributed by atoms with Crippen molar-refractivity contribution in [2.24, 2.45) is 0 Å². The van der Waals surface area contributed by atoms with Gasteiger partial charge in [-0.1, -0.05) is 20.3 Å². The second-order valence-electron chi connectivity index (χ2n) is 3.15. The molecule has 0 aromatic rings. The molecule has 0 aliphatic rings. The molecule has 0 fully saturated rings. The van der Waals surface area contributed by atoms with E-state index >= 15 is 0 Å². The van der Waals surface area contributed by atoms with Crippen molar-refractivity contribution in [2.75, 3.05) is 0 Å². The molecular formula is C10H17FO2. The van der Waals surface area contributed by atoms with E-state index in [9.17, 15) is 14.0 Å². The largest absolute Gasteiger partial charge is 0.296 e. The number of rotatable bonds is 7. The van der Waals surface area contributed by atoms with Gasteiger partial charge in [0, 0.05) is 12.8 Å². The molecule has 0 radical (unpaired) electrons. The molecule has 3 heteroatoms. The van der Waals surface area contributed by atoms with E-state index in [1.54, 1.807) is 6.92 Å². The molecule has 1 atom stereocenters. The van der Waals surface area contributed by atoms with Gasteiger partial charge in [-0.2, -0.15) is 0 Å². The zero-order valence-corrected chi connectivity index (χ0v) is 8.31. The number of hydrogen-bond acceptors (Lipinski definition) is 2. The summed E-state index contributed by atoms with van der Waals surface area (Å²) >= 11 is 0. The van der Waals surface area contributed by atoms with Gasteiger partial charge in [-0.15, -0.1) is 0 Å². The van der Waals surface area contributed by atoms with Gasteiger partial charge >= 0.3 is 0 Å². The summed E-state index contributed by atoms with van der Waals surface area (Å²) in [6.07, 6.45) is 0.595. The molecule has 76 valence electrons. The van der Waals surface area contributed by atoms with Gasteiger partial charge in [-0.05, 0) is 12.8 Å². The molecule has 13 heavy (non-hydrogen) atoms. The molecule has 0 aromatic carbocycles. The SMILES string of the molecule is CCCCC(=O)C(F)C(=O)CCC. The molecule has 2 nitrogen and oxygen atoms in total. The number of hydrogen-bond donors (Lipinski definition) is 0. The van der Waals surface area contributed by atoms with Crippen molar-refractivity contribution in [3.8, 4) is 0 Å². The highest BCUT2D eigenvalue weighted by atomic mass is 19.1. The lowest BCUT2D eigenvalue weighted by Crippen LogP contribution is -2.25. The molecule has 0 rings (SSSR count). The maximum absolute atomic E-state index is 13.0. The molecule has 0 aliphatic carbocycles. The minimum Gasteiger partial charge on any atom is -0.296 e. The Balaban J connectivity index is 3.87. The van der Waals surface area contributed by atoms with Crippen molar-refractivity contribution in [2.45, 2.75) is 52.1 Å². The van der Waals surface area contributed by atoms with Gasteiger partial charge in [-0.3, -0.25) is 9.59 Å². The van der Waals surface area contributed by atoms with Crippen molar-refractivity contribution >= 4 is 11.6 Å². The summed E-state index contributed by atoms with van der Waals surface area (Å²) in [7, 11) is 0. The molecule has 0 saturated heterocycles. The van der Waals surface area contributed by atoms with Gasteiger partial charge in [0.2, 0.25) is 6.17 Å². The number of carbonyl (C=O) groups is 2. The lowest BCUT2D eigenvalue weighted by atomic mass is 10.0. The average Bonchev–Trinajstić information content (AvgIpc) is 2.13. The van der Waals surface area contributed by atoms with Crippen LogP contribution in [0.25, 0.3) is 0 Å². The zero-order valence-electron chi connectivity index (χ0n) is 8.31. The summed E-state index contributed by atoms with van der Waals surface area (Å²) in [5, 5.41) is 0. The number of alkyl halides is 1. The Bertz CT molecular complexity index is 178. The third-order valence-electron chi connectivity index (χ3n) is 1.84. The van der Waals surface area contributed by atoms with E-state index in [4.69, 9.17) is 0 Å². The van der Waals surface area contributed by atoms with Crippen LogP contribution >= 0.6 is 0 Å². The molecule has 0 bridgehead atoms. The van der Waals surface area contributed by atoms with Crippen LogP contribution in [0, 0.1) is 0 Å². The maximum atomic E-state index is 13.0. The van der Waals surface area contributed by atoms with E-state index in [1.165, 1.54) is 0 Å². The summed E-state index contributed by atoms with van der Waals surface area (Å²) in [5.41, 5.74) is 0. The quantitative estimate of drug-likeness (QED) is 0.575. The van der Waals surface area contributed by atoms with Crippen LogP contribution in [-0.4, -0.2) is 17.7 Å². The summed E-state index contributed by atoms with van der Waals surface area (Å²) in [5.74, 6) is -1.12.